The predicted molar refractivity (Wildman–Crippen MR) is 140 cm³/mol. The van der Waals surface area contributed by atoms with Gasteiger partial charge in [-0.2, -0.15) is 0 Å². The smallest absolute Gasteiger partial charge is 0.255 e. The summed E-state index contributed by atoms with van der Waals surface area (Å²) in [6, 6.07) is 18.1. The molecule has 4 rings (SSSR count). The average molecular weight is 505 g/mol. The molecule has 0 spiro atoms. The zero-order chi connectivity index (χ0) is 26.4. The molecule has 0 saturated carbocycles. The first kappa shape index (κ1) is 26.0. The molecule has 0 bridgehead atoms. The number of nitrogens with zero attached hydrogens (tertiary/aromatic N) is 3. The molecule has 0 atom stereocenters. The predicted octanol–water partition coefficient (Wildman–Crippen LogP) is 4.46. The summed E-state index contributed by atoms with van der Waals surface area (Å²) in [6.45, 7) is 3.61. The van der Waals surface area contributed by atoms with Gasteiger partial charge >= 0.3 is 0 Å². The zero-order valence-electron chi connectivity index (χ0n) is 21.0. The Morgan fingerprint density at radius 3 is 2.16 bits per heavy atom. The van der Waals surface area contributed by atoms with E-state index in [1.54, 1.807) is 73.7 Å². The number of hydrogen-bond donors (Lipinski definition) is 1. The quantitative estimate of drug-likeness (QED) is 0.345. The first-order valence-electron chi connectivity index (χ1n) is 11.8. The van der Waals surface area contributed by atoms with Gasteiger partial charge in [-0.05, 0) is 73.7 Å². The molecular formula is C28H29FN4O4. The average Bonchev–Trinajstić information content (AvgIpc) is 3.24. The molecule has 0 saturated heterocycles. The number of imidazole rings is 1. The van der Waals surface area contributed by atoms with Crippen molar-refractivity contribution in [3.8, 4) is 5.69 Å². The van der Waals surface area contributed by atoms with Gasteiger partial charge in [0.2, 0.25) is 0 Å². The Bertz CT molecular complexity index is 1380. The normalized spacial score (nSPS) is 11.0. The molecule has 37 heavy (non-hydrogen) atoms. The summed E-state index contributed by atoms with van der Waals surface area (Å²) in [4.78, 5) is 32.2. The Hall–Kier alpha value is -4.08. The van der Waals surface area contributed by atoms with Gasteiger partial charge in [-0.1, -0.05) is 0 Å². The van der Waals surface area contributed by atoms with E-state index in [0.717, 1.165) is 22.5 Å². The minimum absolute atomic E-state index is 0.137. The van der Waals surface area contributed by atoms with Crippen molar-refractivity contribution in [2.45, 2.75) is 6.92 Å². The third-order valence-electron chi connectivity index (χ3n) is 5.98. The summed E-state index contributed by atoms with van der Waals surface area (Å²) in [5.41, 5.74) is 3.73. The topological polar surface area (TPSA) is 85.7 Å². The van der Waals surface area contributed by atoms with Crippen LogP contribution < -0.4 is 5.32 Å². The van der Waals surface area contributed by atoms with Crippen LogP contribution in [-0.4, -0.2) is 66.8 Å². The molecule has 0 aliphatic rings. The molecule has 1 aromatic heterocycles. The van der Waals surface area contributed by atoms with Gasteiger partial charge in [0.05, 0.1) is 24.2 Å². The third-order valence-corrected chi connectivity index (χ3v) is 5.98. The molecule has 0 aliphatic carbocycles. The van der Waals surface area contributed by atoms with Crippen LogP contribution in [0.15, 0.2) is 66.7 Å². The second-order valence-corrected chi connectivity index (χ2v) is 8.48. The molecule has 8 nitrogen and oxygen atoms in total. The maximum absolute atomic E-state index is 13.4. The minimum Gasteiger partial charge on any atom is -0.383 e. The van der Waals surface area contributed by atoms with E-state index in [1.165, 1.54) is 12.1 Å². The summed E-state index contributed by atoms with van der Waals surface area (Å²) in [5.74, 6) is -0.0325. The number of nitrogens with one attached hydrogen (secondary N) is 1. The number of ether oxygens (including phenoxy) is 2. The van der Waals surface area contributed by atoms with E-state index in [4.69, 9.17) is 9.47 Å². The van der Waals surface area contributed by atoms with E-state index in [9.17, 15) is 14.0 Å². The molecule has 0 unspecified atom stereocenters. The highest BCUT2D eigenvalue weighted by atomic mass is 19.1. The van der Waals surface area contributed by atoms with Gasteiger partial charge in [-0.15, -0.1) is 0 Å². The van der Waals surface area contributed by atoms with E-state index >= 15 is 0 Å². The first-order valence-corrected chi connectivity index (χ1v) is 11.8. The van der Waals surface area contributed by atoms with E-state index < -0.39 is 0 Å². The molecule has 3 aromatic carbocycles. The number of fused-ring (bicyclic) bond motifs is 1. The Balaban J connectivity index is 1.51. The van der Waals surface area contributed by atoms with Gasteiger partial charge in [0.15, 0.2) is 0 Å². The molecule has 1 heterocycles. The Morgan fingerprint density at radius 1 is 0.919 bits per heavy atom. The number of halogens is 1. The molecule has 0 fully saturated rings. The number of rotatable bonds is 10. The fourth-order valence-electron chi connectivity index (χ4n) is 4.05. The van der Waals surface area contributed by atoms with Crippen LogP contribution in [-0.2, 0) is 9.47 Å². The highest BCUT2D eigenvalue weighted by Gasteiger charge is 2.17. The fraction of sp³-hybridized carbons (Fsp3) is 0.250. The van der Waals surface area contributed by atoms with Gasteiger partial charge in [-0.3, -0.25) is 14.2 Å². The number of anilines is 1. The van der Waals surface area contributed by atoms with E-state index in [-0.39, 0.29) is 17.6 Å². The third kappa shape index (κ3) is 6.02. The number of aryl methyl sites for hydroxylation is 1. The monoisotopic (exact) mass is 504 g/mol. The Labute approximate surface area is 214 Å². The van der Waals surface area contributed by atoms with Gasteiger partial charge < -0.3 is 19.7 Å². The van der Waals surface area contributed by atoms with Gasteiger partial charge in [0, 0.05) is 49.8 Å². The lowest BCUT2D eigenvalue weighted by Crippen LogP contribution is -2.36. The molecule has 2 amide bonds. The molecule has 4 aromatic rings. The van der Waals surface area contributed by atoms with E-state index in [1.807, 2.05) is 11.5 Å². The number of carbonyl (C=O) groups is 2. The molecule has 0 radical (unpaired) electrons. The molecule has 9 heteroatoms. The van der Waals surface area contributed by atoms with Crippen molar-refractivity contribution in [3.63, 3.8) is 0 Å². The van der Waals surface area contributed by atoms with E-state index in [0.29, 0.717) is 43.1 Å². The number of amides is 2. The number of carbonyl (C=O) groups excluding carboxylic acids is 2. The highest BCUT2D eigenvalue weighted by Crippen LogP contribution is 2.23. The molecule has 192 valence electrons. The summed E-state index contributed by atoms with van der Waals surface area (Å²) < 4.78 is 25.5. The van der Waals surface area contributed by atoms with Crippen LogP contribution in [0.25, 0.3) is 16.7 Å². The van der Waals surface area contributed by atoms with Crippen LogP contribution in [0, 0.1) is 12.7 Å². The molecular weight excluding hydrogens is 475 g/mol. The van der Waals surface area contributed by atoms with Crippen LogP contribution in [0.1, 0.15) is 26.5 Å². The number of benzene rings is 3. The second-order valence-electron chi connectivity index (χ2n) is 8.48. The van der Waals surface area contributed by atoms with Crippen LogP contribution in [0.3, 0.4) is 0 Å². The maximum Gasteiger partial charge on any atom is 0.255 e. The summed E-state index contributed by atoms with van der Waals surface area (Å²) >= 11 is 0. The van der Waals surface area contributed by atoms with Crippen LogP contribution in [0.2, 0.25) is 0 Å². The van der Waals surface area contributed by atoms with Crippen molar-refractivity contribution < 1.29 is 23.5 Å². The zero-order valence-corrected chi connectivity index (χ0v) is 21.0. The maximum atomic E-state index is 13.4. The lowest BCUT2D eigenvalue weighted by molar-refractivity contribution is 0.0627. The summed E-state index contributed by atoms with van der Waals surface area (Å²) in [5, 5.41) is 2.88. The van der Waals surface area contributed by atoms with Crippen molar-refractivity contribution in [1.82, 2.24) is 14.5 Å². The standard InChI is InChI=1S/C28H29FN4O4/c1-19-30-25-13-6-21(18-26(25)33(19)24-11-7-22(29)8-12-24)27(34)31-23-9-4-20(5-10-23)28(35)32(14-16-36-2)15-17-37-3/h4-13,18H,14-17H2,1-3H3,(H,31,34). The number of hydrogen-bond acceptors (Lipinski definition) is 5. The lowest BCUT2D eigenvalue weighted by atomic mass is 10.1. The largest absolute Gasteiger partial charge is 0.383 e. The van der Waals surface area contributed by atoms with E-state index in [2.05, 4.69) is 10.3 Å². The van der Waals surface area contributed by atoms with Crippen molar-refractivity contribution in [1.29, 1.82) is 0 Å². The molecule has 0 aliphatic heterocycles. The summed E-state index contributed by atoms with van der Waals surface area (Å²) in [7, 11) is 3.18. The van der Waals surface area contributed by atoms with Crippen LogP contribution in [0.5, 0.6) is 0 Å². The van der Waals surface area contributed by atoms with Crippen LogP contribution >= 0.6 is 0 Å². The van der Waals surface area contributed by atoms with Gasteiger partial charge in [0.1, 0.15) is 11.6 Å². The van der Waals surface area contributed by atoms with Crippen LogP contribution in [0.4, 0.5) is 10.1 Å². The minimum atomic E-state index is -0.323. The Morgan fingerprint density at radius 2 is 1.54 bits per heavy atom. The van der Waals surface area contributed by atoms with Crippen molar-refractivity contribution >= 4 is 28.5 Å². The molecule has 1 N–H and O–H groups in total. The van der Waals surface area contributed by atoms with Gasteiger partial charge in [-0.25, -0.2) is 9.37 Å². The highest BCUT2D eigenvalue weighted by molar-refractivity contribution is 6.06. The first-order chi connectivity index (χ1) is 17.9. The lowest BCUT2D eigenvalue weighted by Gasteiger charge is -2.22. The fourth-order valence-corrected chi connectivity index (χ4v) is 4.05. The van der Waals surface area contributed by atoms with Crippen molar-refractivity contribution in [3.05, 3.63) is 89.5 Å². The number of methoxy groups -OCH3 is 2. The second kappa shape index (κ2) is 11.8. The van der Waals surface area contributed by atoms with Gasteiger partial charge in [0.25, 0.3) is 11.8 Å². The van der Waals surface area contributed by atoms with Crippen molar-refractivity contribution in [2.24, 2.45) is 0 Å². The summed E-state index contributed by atoms with van der Waals surface area (Å²) in [6.07, 6.45) is 0. The number of aromatic nitrogens is 2. The SMILES string of the molecule is COCCN(CCOC)C(=O)c1ccc(NC(=O)c2ccc3nc(C)n(-c4ccc(F)cc4)c3c2)cc1. The Kier molecular flexibility index (Phi) is 8.27. The van der Waals surface area contributed by atoms with Crippen molar-refractivity contribution in [2.75, 3.05) is 45.8 Å².